The fraction of sp³-hybridized carbons (Fsp3) is 0.200. The molecule has 3 nitrogen and oxygen atoms in total. The molecule has 0 aliphatic heterocycles. The van der Waals surface area contributed by atoms with Crippen LogP contribution in [0, 0.1) is 0 Å². The fourth-order valence-electron chi connectivity index (χ4n) is 0.455. The van der Waals surface area contributed by atoms with Crippen molar-refractivity contribution in [3.05, 3.63) is 15.5 Å². The highest BCUT2D eigenvalue weighted by molar-refractivity contribution is 9.10. The Labute approximate surface area is 70.3 Å². The standard InChI is InChI=1S/C5H4BrNO2S/c1-9-5(8)4-3(6)2-7-10-4/h2H,1H3. The zero-order valence-electron chi connectivity index (χ0n) is 5.13. The van der Waals surface area contributed by atoms with E-state index in [0.29, 0.717) is 9.35 Å². The number of hydrogen-bond acceptors (Lipinski definition) is 4. The predicted octanol–water partition coefficient (Wildman–Crippen LogP) is 1.69. The molecule has 10 heavy (non-hydrogen) atoms. The van der Waals surface area contributed by atoms with Crippen LogP contribution in [-0.2, 0) is 4.74 Å². The maximum atomic E-state index is 10.8. The number of halogens is 1. The molecule has 0 saturated carbocycles. The van der Waals surface area contributed by atoms with Crippen LogP contribution in [0.5, 0.6) is 0 Å². The summed E-state index contributed by atoms with van der Waals surface area (Å²) in [5, 5.41) is 0. The van der Waals surface area contributed by atoms with Crippen LogP contribution in [0.25, 0.3) is 0 Å². The minimum absolute atomic E-state index is 0.352. The second-order valence-electron chi connectivity index (χ2n) is 1.49. The molecule has 0 spiro atoms. The Morgan fingerprint density at radius 2 is 2.60 bits per heavy atom. The van der Waals surface area contributed by atoms with E-state index >= 15 is 0 Å². The predicted molar refractivity (Wildman–Crippen MR) is 41.2 cm³/mol. The number of rotatable bonds is 1. The summed E-state index contributed by atoms with van der Waals surface area (Å²) in [6, 6.07) is 0. The Hall–Kier alpha value is -0.420. The van der Waals surface area contributed by atoms with Crippen molar-refractivity contribution in [2.75, 3.05) is 7.11 Å². The third kappa shape index (κ3) is 1.35. The van der Waals surface area contributed by atoms with Crippen LogP contribution in [0.3, 0.4) is 0 Å². The van der Waals surface area contributed by atoms with Crippen molar-refractivity contribution >= 4 is 33.4 Å². The number of nitrogens with zero attached hydrogens (tertiary/aromatic N) is 1. The van der Waals surface area contributed by atoms with Crippen molar-refractivity contribution < 1.29 is 9.53 Å². The van der Waals surface area contributed by atoms with E-state index in [1.54, 1.807) is 6.20 Å². The van der Waals surface area contributed by atoms with Crippen LogP contribution < -0.4 is 0 Å². The van der Waals surface area contributed by atoms with Crippen LogP contribution in [0.15, 0.2) is 10.7 Å². The van der Waals surface area contributed by atoms with Crippen molar-refractivity contribution in [3.63, 3.8) is 0 Å². The lowest BCUT2D eigenvalue weighted by molar-refractivity contribution is 0.0605. The quantitative estimate of drug-likeness (QED) is 0.678. The largest absolute Gasteiger partial charge is 0.465 e. The molecule has 0 radical (unpaired) electrons. The number of carbonyl (C=O) groups excluding carboxylic acids is 1. The molecule has 5 heteroatoms. The molecule has 1 rings (SSSR count). The Morgan fingerprint density at radius 1 is 1.90 bits per heavy atom. The summed E-state index contributed by atoms with van der Waals surface area (Å²) in [6.07, 6.45) is 1.57. The molecule has 0 atom stereocenters. The Bertz CT molecular complexity index is 248. The third-order valence-electron chi connectivity index (χ3n) is 0.898. The molecule has 0 aromatic carbocycles. The number of esters is 1. The minimum Gasteiger partial charge on any atom is -0.465 e. The Kier molecular flexibility index (Phi) is 2.39. The van der Waals surface area contributed by atoms with Gasteiger partial charge in [0, 0.05) is 0 Å². The molecule has 54 valence electrons. The van der Waals surface area contributed by atoms with Gasteiger partial charge in [0.15, 0.2) is 0 Å². The number of methoxy groups -OCH3 is 1. The lowest BCUT2D eigenvalue weighted by atomic mass is 10.5. The van der Waals surface area contributed by atoms with Crippen LogP contribution in [0.2, 0.25) is 0 Å². The van der Waals surface area contributed by atoms with Crippen LogP contribution in [0.4, 0.5) is 0 Å². The van der Waals surface area contributed by atoms with Crippen molar-refractivity contribution in [1.29, 1.82) is 0 Å². The van der Waals surface area contributed by atoms with Crippen molar-refractivity contribution in [1.82, 2.24) is 4.37 Å². The molecular weight excluding hydrogens is 218 g/mol. The number of aromatic nitrogens is 1. The monoisotopic (exact) mass is 221 g/mol. The second-order valence-corrected chi connectivity index (χ2v) is 3.15. The minimum atomic E-state index is -0.352. The van der Waals surface area contributed by atoms with Gasteiger partial charge in [-0.3, -0.25) is 0 Å². The maximum absolute atomic E-state index is 10.8. The lowest BCUT2D eigenvalue weighted by Crippen LogP contribution is -1.97. The van der Waals surface area contributed by atoms with Gasteiger partial charge in [-0.2, -0.15) is 4.37 Å². The number of carbonyl (C=O) groups is 1. The van der Waals surface area contributed by atoms with E-state index in [1.807, 2.05) is 0 Å². The molecule has 0 unspecified atom stereocenters. The van der Waals surface area contributed by atoms with Gasteiger partial charge in [-0.25, -0.2) is 4.79 Å². The highest BCUT2D eigenvalue weighted by atomic mass is 79.9. The van der Waals surface area contributed by atoms with Gasteiger partial charge >= 0.3 is 5.97 Å². The first kappa shape index (κ1) is 7.68. The summed E-state index contributed by atoms with van der Waals surface area (Å²) in [4.78, 5) is 11.3. The molecule has 0 aliphatic rings. The fourth-order valence-corrected chi connectivity index (χ4v) is 1.63. The molecule has 0 amide bonds. The van der Waals surface area contributed by atoms with Gasteiger partial charge < -0.3 is 4.74 Å². The zero-order chi connectivity index (χ0) is 7.56. The topological polar surface area (TPSA) is 39.2 Å². The molecule has 1 aromatic heterocycles. The van der Waals surface area contributed by atoms with E-state index in [1.165, 1.54) is 7.11 Å². The van der Waals surface area contributed by atoms with E-state index in [2.05, 4.69) is 25.0 Å². The average molecular weight is 222 g/mol. The van der Waals surface area contributed by atoms with Crippen molar-refractivity contribution in [2.24, 2.45) is 0 Å². The third-order valence-corrected chi connectivity index (χ3v) is 2.54. The molecule has 0 bridgehead atoms. The van der Waals surface area contributed by atoms with Gasteiger partial charge in [0.2, 0.25) is 0 Å². The van der Waals surface area contributed by atoms with Crippen LogP contribution >= 0.6 is 27.5 Å². The molecule has 0 aliphatic carbocycles. The molecule has 0 N–H and O–H groups in total. The summed E-state index contributed by atoms with van der Waals surface area (Å²) in [5.41, 5.74) is 0. The normalized spacial score (nSPS) is 9.40. The molecular formula is C5H4BrNO2S. The van der Waals surface area contributed by atoms with Crippen LogP contribution in [0.1, 0.15) is 9.67 Å². The number of hydrogen-bond donors (Lipinski definition) is 0. The summed E-state index contributed by atoms with van der Waals surface area (Å²) < 4.78 is 8.95. The van der Waals surface area contributed by atoms with E-state index in [0.717, 1.165) is 11.5 Å². The summed E-state index contributed by atoms with van der Waals surface area (Å²) >= 11 is 4.27. The number of ether oxygens (including phenoxy) is 1. The molecule has 0 saturated heterocycles. The Morgan fingerprint density at radius 3 is 3.00 bits per heavy atom. The second kappa shape index (κ2) is 3.12. The molecule has 0 fully saturated rings. The maximum Gasteiger partial charge on any atom is 0.350 e. The van der Waals surface area contributed by atoms with Gasteiger partial charge in [-0.15, -0.1) is 0 Å². The molecule has 1 aromatic rings. The van der Waals surface area contributed by atoms with Gasteiger partial charge in [-0.05, 0) is 27.5 Å². The first-order chi connectivity index (χ1) is 4.75. The van der Waals surface area contributed by atoms with Crippen LogP contribution in [-0.4, -0.2) is 17.5 Å². The Balaban J connectivity index is 2.93. The zero-order valence-corrected chi connectivity index (χ0v) is 7.53. The van der Waals surface area contributed by atoms with Gasteiger partial charge in [-0.1, -0.05) is 0 Å². The summed E-state index contributed by atoms with van der Waals surface area (Å²) in [5.74, 6) is -0.352. The van der Waals surface area contributed by atoms with E-state index < -0.39 is 0 Å². The van der Waals surface area contributed by atoms with E-state index in [4.69, 9.17) is 0 Å². The highest BCUT2D eigenvalue weighted by Gasteiger charge is 2.11. The summed E-state index contributed by atoms with van der Waals surface area (Å²) in [7, 11) is 1.34. The van der Waals surface area contributed by atoms with Gasteiger partial charge in [0.05, 0.1) is 17.8 Å². The first-order valence-corrected chi connectivity index (χ1v) is 4.01. The smallest absolute Gasteiger partial charge is 0.350 e. The van der Waals surface area contributed by atoms with Gasteiger partial charge in [0.1, 0.15) is 4.88 Å². The highest BCUT2D eigenvalue weighted by Crippen LogP contribution is 2.20. The lowest BCUT2D eigenvalue weighted by Gasteiger charge is -1.91. The van der Waals surface area contributed by atoms with Gasteiger partial charge in [0.25, 0.3) is 0 Å². The van der Waals surface area contributed by atoms with E-state index in [-0.39, 0.29) is 5.97 Å². The first-order valence-electron chi connectivity index (χ1n) is 2.44. The SMILES string of the molecule is COC(=O)c1sncc1Br. The van der Waals surface area contributed by atoms with E-state index in [9.17, 15) is 4.79 Å². The van der Waals surface area contributed by atoms with Crippen molar-refractivity contribution in [2.45, 2.75) is 0 Å². The summed E-state index contributed by atoms with van der Waals surface area (Å²) in [6.45, 7) is 0. The van der Waals surface area contributed by atoms with Crippen molar-refractivity contribution in [3.8, 4) is 0 Å². The average Bonchev–Trinajstić information content (AvgIpc) is 2.34. The molecule has 1 heterocycles.